The van der Waals surface area contributed by atoms with E-state index < -0.39 is 11.6 Å². The number of carbonyl (C=O) groups is 1. The summed E-state index contributed by atoms with van der Waals surface area (Å²) < 4.78 is 26.1. The molecule has 1 aromatic carbocycles. The minimum atomic E-state index is -0.625. The average Bonchev–Trinajstić information content (AvgIpc) is 2.39. The molecule has 1 aliphatic heterocycles. The highest BCUT2D eigenvalue weighted by Crippen LogP contribution is 2.14. The SMILES string of the molecule is O=C(CC1CCCNC1)NCc1ccc(F)cc1F. The number of piperidine rings is 1. The minimum absolute atomic E-state index is 0.0857. The maximum absolute atomic E-state index is 13.4. The lowest BCUT2D eigenvalue weighted by atomic mass is 9.96. The molecule has 2 rings (SSSR count). The highest BCUT2D eigenvalue weighted by Gasteiger charge is 2.16. The van der Waals surface area contributed by atoms with E-state index >= 15 is 0 Å². The van der Waals surface area contributed by atoms with Crippen molar-refractivity contribution in [2.75, 3.05) is 13.1 Å². The summed E-state index contributed by atoms with van der Waals surface area (Å²) >= 11 is 0. The van der Waals surface area contributed by atoms with Gasteiger partial charge in [-0.15, -0.1) is 0 Å². The summed E-state index contributed by atoms with van der Waals surface area (Å²) in [6.07, 6.45) is 2.59. The fourth-order valence-electron chi connectivity index (χ4n) is 2.29. The van der Waals surface area contributed by atoms with Crippen molar-refractivity contribution in [3.8, 4) is 0 Å². The molecule has 1 unspecified atom stereocenters. The quantitative estimate of drug-likeness (QED) is 0.876. The molecule has 1 aliphatic rings. The van der Waals surface area contributed by atoms with E-state index in [-0.39, 0.29) is 12.5 Å². The van der Waals surface area contributed by atoms with Crippen LogP contribution in [-0.2, 0) is 11.3 Å². The van der Waals surface area contributed by atoms with Crippen LogP contribution in [0, 0.1) is 17.6 Å². The van der Waals surface area contributed by atoms with Gasteiger partial charge < -0.3 is 10.6 Å². The first-order chi connectivity index (χ1) is 9.15. The predicted molar refractivity (Wildman–Crippen MR) is 68.4 cm³/mol. The topological polar surface area (TPSA) is 41.1 Å². The fraction of sp³-hybridized carbons (Fsp3) is 0.500. The second-order valence-corrected chi connectivity index (χ2v) is 4.93. The van der Waals surface area contributed by atoms with Crippen molar-refractivity contribution in [2.45, 2.75) is 25.8 Å². The molecule has 0 aliphatic carbocycles. The Hall–Kier alpha value is -1.49. The molecule has 3 nitrogen and oxygen atoms in total. The van der Waals surface area contributed by atoms with Crippen molar-refractivity contribution in [1.29, 1.82) is 0 Å². The van der Waals surface area contributed by atoms with Crippen LogP contribution in [0.1, 0.15) is 24.8 Å². The molecular weight excluding hydrogens is 250 g/mol. The number of amides is 1. The molecule has 0 saturated carbocycles. The molecule has 1 heterocycles. The highest BCUT2D eigenvalue weighted by atomic mass is 19.1. The van der Waals surface area contributed by atoms with E-state index in [1.807, 2.05) is 0 Å². The van der Waals surface area contributed by atoms with Crippen LogP contribution < -0.4 is 10.6 Å². The Kier molecular flexibility index (Phi) is 4.85. The predicted octanol–water partition coefficient (Wildman–Crippen LogP) is 1.97. The van der Waals surface area contributed by atoms with Gasteiger partial charge in [0.15, 0.2) is 0 Å². The molecule has 0 radical (unpaired) electrons. The molecule has 1 fully saturated rings. The molecule has 104 valence electrons. The molecular formula is C14H18F2N2O. The summed E-state index contributed by atoms with van der Waals surface area (Å²) in [6.45, 7) is 1.97. The standard InChI is InChI=1S/C14H18F2N2O/c15-12-4-3-11(13(16)7-12)9-18-14(19)6-10-2-1-5-17-8-10/h3-4,7,10,17H,1-2,5-6,8-9H2,(H,18,19). The number of carbonyl (C=O) groups excluding carboxylic acids is 1. The zero-order chi connectivity index (χ0) is 13.7. The van der Waals surface area contributed by atoms with Crippen LogP contribution in [0.3, 0.4) is 0 Å². The van der Waals surface area contributed by atoms with Crippen molar-refractivity contribution in [2.24, 2.45) is 5.92 Å². The Balaban J connectivity index is 1.79. The van der Waals surface area contributed by atoms with E-state index in [1.165, 1.54) is 12.1 Å². The first kappa shape index (κ1) is 13.9. The Morgan fingerprint density at radius 2 is 2.26 bits per heavy atom. The van der Waals surface area contributed by atoms with E-state index in [0.717, 1.165) is 32.0 Å². The second kappa shape index (κ2) is 6.61. The minimum Gasteiger partial charge on any atom is -0.352 e. The third-order valence-corrected chi connectivity index (χ3v) is 3.36. The van der Waals surface area contributed by atoms with Crippen LogP contribution in [0.25, 0.3) is 0 Å². The molecule has 19 heavy (non-hydrogen) atoms. The normalized spacial score (nSPS) is 19.2. The average molecular weight is 268 g/mol. The molecule has 1 aromatic rings. The van der Waals surface area contributed by atoms with Gasteiger partial charge in [0.2, 0.25) is 5.91 Å². The first-order valence-corrected chi connectivity index (χ1v) is 6.56. The maximum Gasteiger partial charge on any atom is 0.220 e. The van der Waals surface area contributed by atoms with Crippen molar-refractivity contribution < 1.29 is 13.6 Å². The number of hydrogen-bond donors (Lipinski definition) is 2. The smallest absolute Gasteiger partial charge is 0.220 e. The van der Waals surface area contributed by atoms with E-state index in [0.29, 0.717) is 17.9 Å². The van der Waals surface area contributed by atoms with E-state index in [2.05, 4.69) is 10.6 Å². The van der Waals surface area contributed by atoms with Crippen LogP contribution in [0.15, 0.2) is 18.2 Å². The third-order valence-electron chi connectivity index (χ3n) is 3.36. The monoisotopic (exact) mass is 268 g/mol. The summed E-state index contributed by atoms with van der Waals surface area (Å²) in [5, 5.41) is 5.93. The van der Waals surface area contributed by atoms with Crippen LogP contribution >= 0.6 is 0 Å². The van der Waals surface area contributed by atoms with Gasteiger partial charge in [0, 0.05) is 24.6 Å². The zero-order valence-electron chi connectivity index (χ0n) is 10.7. The van der Waals surface area contributed by atoms with Gasteiger partial charge in [0.25, 0.3) is 0 Å². The number of nitrogens with one attached hydrogen (secondary N) is 2. The van der Waals surface area contributed by atoms with Crippen LogP contribution in [0.4, 0.5) is 8.78 Å². The molecule has 0 bridgehead atoms. The number of benzene rings is 1. The van der Waals surface area contributed by atoms with Gasteiger partial charge in [-0.1, -0.05) is 6.07 Å². The molecule has 1 amide bonds. The molecule has 0 spiro atoms. The van der Waals surface area contributed by atoms with Gasteiger partial charge in [0.05, 0.1) is 0 Å². The van der Waals surface area contributed by atoms with E-state index in [1.54, 1.807) is 0 Å². The Bertz CT molecular complexity index is 445. The summed E-state index contributed by atoms with van der Waals surface area (Å²) in [4.78, 5) is 11.7. The lowest BCUT2D eigenvalue weighted by Crippen LogP contribution is -2.34. The number of rotatable bonds is 4. The Morgan fingerprint density at radius 3 is 2.95 bits per heavy atom. The maximum atomic E-state index is 13.4. The largest absolute Gasteiger partial charge is 0.352 e. The van der Waals surface area contributed by atoms with Crippen molar-refractivity contribution in [3.05, 3.63) is 35.4 Å². The Labute approximate surface area is 111 Å². The molecule has 1 saturated heterocycles. The second-order valence-electron chi connectivity index (χ2n) is 4.93. The lowest BCUT2D eigenvalue weighted by Gasteiger charge is -2.22. The summed E-state index contributed by atoms with van der Waals surface area (Å²) in [6, 6.07) is 3.37. The van der Waals surface area contributed by atoms with E-state index in [4.69, 9.17) is 0 Å². The first-order valence-electron chi connectivity index (χ1n) is 6.56. The van der Waals surface area contributed by atoms with Gasteiger partial charge >= 0.3 is 0 Å². The summed E-state index contributed by atoms with van der Waals surface area (Å²) in [7, 11) is 0. The molecule has 5 heteroatoms. The Morgan fingerprint density at radius 1 is 1.42 bits per heavy atom. The van der Waals surface area contributed by atoms with E-state index in [9.17, 15) is 13.6 Å². The van der Waals surface area contributed by atoms with Gasteiger partial charge in [0.1, 0.15) is 11.6 Å². The summed E-state index contributed by atoms with van der Waals surface area (Å²) in [5.74, 6) is -0.968. The van der Waals surface area contributed by atoms with Crippen LogP contribution in [-0.4, -0.2) is 19.0 Å². The van der Waals surface area contributed by atoms with Gasteiger partial charge in [-0.3, -0.25) is 4.79 Å². The highest BCUT2D eigenvalue weighted by molar-refractivity contribution is 5.76. The van der Waals surface area contributed by atoms with Crippen molar-refractivity contribution in [3.63, 3.8) is 0 Å². The van der Waals surface area contributed by atoms with Gasteiger partial charge in [-0.05, 0) is 37.9 Å². The van der Waals surface area contributed by atoms with Crippen LogP contribution in [0.2, 0.25) is 0 Å². The molecule has 2 N–H and O–H groups in total. The third kappa shape index (κ3) is 4.28. The van der Waals surface area contributed by atoms with Crippen molar-refractivity contribution in [1.82, 2.24) is 10.6 Å². The summed E-state index contributed by atoms with van der Waals surface area (Å²) in [5.41, 5.74) is 0.302. The molecule has 0 aromatic heterocycles. The van der Waals surface area contributed by atoms with Gasteiger partial charge in [-0.2, -0.15) is 0 Å². The van der Waals surface area contributed by atoms with Gasteiger partial charge in [-0.25, -0.2) is 8.78 Å². The lowest BCUT2D eigenvalue weighted by molar-refractivity contribution is -0.122. The fourth-order valence-corrected chi connectivity index (χ4v) is 2.29. The number of hydrogen-bond acceptors (Lipinski definition) is 2. The van der Waals surface area contributed by atoms with Crippen LogP contribution in [0.5, 0.6) is 0 Å². The number of halogens is 2. The zero-order valence-corrected chi connectivity index (χ0v) is 10.7. The van der Waals surface area contributed by atoms with Crippen molar-refractivity contribution >= 4 is 5.91 Å². The molecule has 1 atom stereocenters.